The molecular formula is C22H25N5O2S. The lowest BCUT2D eigenvalue weighted by Crippen LogP contribution is -2.36. The van der Waals surface area contributed by atoms with Crippen LogP contribution in [0.2, 0.25) is 0 Å². The molecular weight excluding hydrogens is 398 g/mol. The van der Waals surface area contributed by atoms with E-state index in [4.69, 9.17) is 4.74 Å². The predicted octanol–water partition coefficient (Wildman–Crippen LogP) is 3.40. The second-order valence-electron chi connectivity index (χ2n) is 7.38. The highest BCUT2D eigenvalue weighted by atomic mass is 32.2. The maximum absolute atomic E-state index is 12.9. The van der Waals surface area contributed by atoms with Crippen LogP contribution in [0.25, 0.3) is 0 Å². The minimum Gasteiger partial charge on any atom is -0.497 e. The van der Waals surface area contributed by atoms with Crippen LogP contribution in [0.1, 0.15) is 42.5 Å². The second-order valence-corrected chi connectivity index (χ2v) is 8.69. The molecule has 0 saturated carbocycles. The van der Waals surface area contributed by atoms with Crippen LogP contribution in [0.4, 0.5) is 0 Å². The smallest absolute Gasteiger partial charge is 0.233 e. The van der Waals surface area contributed by atoms with Gasteiger partial charge in [0.15, 0.2) is 0 Å². The van der Waals surface area contributed by atoms with Crippen molar-refractivity contribution in [2.45, 2.75) is 49.2 Å². The van der Waals surface area contributed by atoms with Crippen molar-refractivity contribution in [1.29, 1.82) is 0 Å². The first-order valence-corrected chi connectivity index (χ1v) is 11.0. The fourth-order valence-electron chi connectivity index (χ4n) is 3.69. The SMILES string of the molecule is COc1ccc(Cn2nnnc2S[C@@H](C)C(=O)N[C@H]2CCCc3ccccc32)cc1. The summed E-state index contributed by atoms with van der Waals surface area (Å²) in [6, 6.07) is 16.2. The number of fused-ring (bicyclic) bond motifs is 1. The van der Waals surface area contributed by atoms with Gasteiger partial charge in [0.05, 0.1) is 24.9 Å². The van der Waals surface area contributed by atoms with Gasteiger partial charge in [-0.3, -0.25) is 4.79 Å². The van der Waals surface area contributed by atoms with Crippen LogP contribution in [0, 0.1) is 0 Å². The molecule has 1 amide bonds. The van der Waals surface area contributed by atoms with E-state index in [1.54, 1.807) is 11.8 Å². The van der Waals surface area contributed by atoms with E-state index >= 15 is 0 Å². The summed E-state index contributed by atoms with van der Waals surface area (Å²) >= 11 is 1.37. The van der Waals surface area contributed by atoms with E-state index in [0.717, 1.165) is 30.6 Å². The molecule has 1 aliphatic rings. The zero-order valence-electron chi connectivity index (χ0n) is 17.1. The maximum atomic E-state index is 12.9. The molecule has 0 fully saturated rings. The first-order chi connectivity index (χ1) is 14.6. The van der Waals surface area contributed by atoms with Crippen molar-refractivity contribution in [3.63, 3.8) is 0 Å². The number of aryl methyl sites for hydroxylation is 1. The van der Waals surface area contributed by atoms with Gasteiger partial charge in [0.25, 0.3) is 0 Å². The third-order valence-electron chi connectivity index (χ3n) is 5.33. The molecule has 1 heterocycles. The second kappa shape index (κ2) is 9.30. The summed E-state index contributed by atoms with van der Waals surface area (Å²) in [5.74, 6) is 0.806. The van der Waals surface area contributed by atoms with Crippen molar-refractivity contribution in [3.8, 4) is 5.75 Å². The Morgan fingerprint density at radius 1 is 1.27 bits per heavy atom. The van der Waals surface area contributed by atoms with Crippen LogP contribution in [-0.4, -0.2) is 38.5 Å². The van der Waals surface area contributed by atoms with Crippen molar-refractivity contribution in [2.24, 2.45) is 0 Å². The monoisotopic (exact) mass is 423 g/mol. The first kappa shape index (κ1) is 20.4. The zero-order chi connectivity index (χ0) is 20.9. The molecule has 1 N–H and O–H groups in total. The van der Waals surface area contributed by atoms with E-state index in [-0.39, 0.29) is 17.2 Å². The number of rotatable bonds is 7. The molecule has 3 aromatic rings. The van der Waals surface area contributed by atoms with Crippen molar-refractivity contribution in [1.82, 2.24) is 25.5 Å². The van der Waals surface area contributed by atoms with Gasteiger partial charge in [-0.05, 0) is 65.4 Å². The molecule has 0 aliphatic heterocycles. The van der Waals surface area contributed by atoms with Gasteiger partial charge < -0.3 is 10.1 Å². The molecule has 30 heavy (non-hydrogen) atoms. The van der Waals surface area contributed by atoms with Gasteiger partial charge in [-0.25, -0.2) is 4.68 Å². The summed E-state index contributed by atoms with van der Waals surface area (Å²) in [5, 5.41) is 15.5. The van der Waals surface area contributed by atoms with E-state index in [1.165, 1.54) is 22.9 Å². The van der Waals surface area contributed by atoms with Crippen LogP contribution in [-0.2, 0) is 17.8 Å². The topological polar surface area (TPSA) is 81.9 Å². The van der Waals surface area contributed by atoms with Crippen molar-refractivity contribution in [3.05, 3.63) is 65.2 Å². The molecule has 2 atom stereocenters. The quantitative estimate of drug-likeness (QED) is 0.587. The Hall–Kier alpha value is -2.87. The highest BCUT2D eigenvalue weighted by Gasteiger charge is 2.25. The Morgan fingerprint density at radius 3 is 2.87 bits per heavy atom. The molecule has 1 aromatic heterocycles. The Balaban J connectivity index is 1.39. The van der Waals surface area contributed by atoms with Gasteiger partial charge in [0, 0.05) is 0 Å². The number of aromatic nitrogens is 4. The van der Waals surface area contributed by atoms with Gasteiger partial charge in [0.1, 0.15) is 5.75 Å². The van der Waals surface area contributed by atoms with E-state index in [0.29, 0.717) is 11.7 Å². The van der Waals surface area contributed by atoms with Gasteiger partial charge in [-0.15, -0.1) is 5.10 Å². The molecule has 0 spiro atoms. The summed E-state index contributed by atoms with van der Waals surface area (Å²) in [7, 11) is 1.64. The van der Waals surface area contributed by atoms with E-state index in [9.17, 15) is 4.79 Å². The molecule has 156 valence electrons. The Bertz CT molecular complexity index is 1000. The van der Waals surface area contributed by atoms with Gasteiger partial charge in [0.2, 0.25) is 11.1 Å². The van der Waals surface area contributed by atoms with E-state index in [2.05, 4.69) is 39.0 Å². The van der Waals surface area contributed by atoms with Crippen molar-refractivity contribution >= 4 is 17.7 Å². The Labute approximate surface area is 180 Å². The molecule has 2 aromatic carbocycles. The van der Waals surface area contributed by atoms with Crippen molar-refractivity contribution in [2.75, 3.05) is 7.11 Å². The summed E-state index contributed by atoms with van der Waals surface area (Å²) in [4.78, 5) is 12.9. The number of hydrogen-bond donors (Lipinski definition) is 1. The molecule has 0 unspecified atom stereocenters. The third-order valence-corrected chi connectivity index (χ3v) is 6.40. The summed E-state index contributed by atoms with van der Waals surface area (Å²) in [6.07, 6.45) is 3.13. The normalized spacial score (nSPS) is 16.5. The number of amides is 1. The molecule has 8 heteroatoms. The van der Waals surface area contributed by atoms with Crippen LogP contribution in [0.3, 0.4) is 0 Å². The molecule has 0 radical (unpaired) electrons. The maximum Gasteiger partial charge on any atom is 0.233 e. The van der Waals surface area contributed by atoms with Gasteiger partial charge in [-0.1, -0.05) is 48.2 Å². The molecule has 7 nitrogen and oxygen atoms in total. The first-order valence-electron chi connectivity index (χ1n) is 10.1. The average Bonchev–Trinajstić information content (AvgIpc) is 3.21. The lowest BCUT2D eigenvalue weighted by Gasteiger charge is -2.27. The highest BCUT2D eigenvalue weighted by molar-refractivity contribution is 8.00. The number of hydrogen-bond acceptors (Lipinski definition) is 6. The number of thioether (sulfide) groups is 1. The predicted molar refractivity (Wildman–Crippen MR) is 115 cm³/mol. The fraction of sp³-hybridized carbons (Fsp3) is 0.364. The largest absolute Gasteiger partial charge is 0.497 e. The minimum absolute atomic E-state index is 0.000649. The Morgan fingerprint density at radius 2 is 2.07 bits per heavy atom. The van der Waals surface area contributed by atoms with Crippen LogP contribution in [0.5, 0.6) is 5.75 Å². The number of benzene rings is 2. The van der Waals surface area contributed by atoms with Crippen LogP contribution < -0.4 is 10.1 Å². The average molecular weight is 424 g/mol. The summed E-state index contributed by atoms with van der Waals surface area (Å²) in [6.45, 7) is 2.42. The highest BCUT2D eigenvalue weighted by Crippen LogP contribution is 2.30. The van der Waals surface area contributed by atoms with Gasteiger partial charge in [-0.2, -0.15) is 0 Å². The van der Waals surface area contributed by atoms with E-state index < -0.39 is 0 Å². The number of carbonyl (C=O) groups is 1. The zero-order valence-corrected chi connectivity index (χ0v) is 17.9. The Kier molecular flexibility index (Phi) is 6.32. The third kappa shape index (κ3) is 4.64. The number of carbonyl (C=O) groups excluding carboxylic acids is 1. The fourth-order valence-corrected chi connectivity index (χ4v) is 4.49. The number of nitrogens with one attached hydrogen (secondary N) is 1. The summed E-state index contributed by atoms with van der Waals surface area (Å²) < 4.78 is 6.91. The summed E-state index contributed by atoms with van der Waals surface area (Å²) in [5.41, 5.74) is 3.62. The van der Waals surface area contributed by atoms with Crippen molar-refractivity contribution < 1.29 is 9.53 Å². The number of ether oxygens (including phenoxy) is 1. The lowest BCUT2D eigenvalue weighted by molar-refractivity contribution is -0.121. The molecule has 0 bridgehead atoms. The molecule has 4 rings (SSSR count). The van der Waals surface area contributed by atoms with Crippen LogP contribution in [0.15, 0.2) is 53.7 Å². The van der Waals surface area contributed by atoms with Crippen LogP contribution >= 0.6 is 11.8 Å². The standard InChI is InChI=1S/C22H25N5O2S/c1-15(21(28)23-20-9-5-7-17-6-3-4-8-19(17)20)30-22-24-25-26-27(22)14-16-10-12-18(29-2)13-11-16/h3-4,6,8,10-13,15,20H,5,7,9,14H2,1-2H3,(H,23,28)/t15-,20-/m0/s1. The van der Waals surface area contributed by atoms with Gasteiger partial charge >= 0.3 is 0 Å². The van der Waals surface area contributed by atoms with E-state index in [1.807, 2.05) is 37.3 Å². The number of tetrazole rings is 1. The minimum atomic E-state index is -0.306. The number of methoxy groups -OCH3 is 1. The molecule has 0 saturated heterocycles. The number of nitrogens with zero attached hydrogens (tertiary/aromatic N) is 4. The lowest BCUT2D eigenvalue weighted by atomic mass is 9.88. The molecule has 1 aliphatic carbocycles.